The van der Waals surface area contributed by atoms with Crippen LogP contribution in [0.1, 0.15) is 107 Å². The summed E-state index contributed by atoms with van der Waals surface area (Å²) in [7, 11) is 0. The van der Waals surface area contributed by atoms with E-state index in [1.807, 2.05) is 0 Å². The van der Waals surface area contributed by atoms with Gasteiger partial charge < -0.3 is 174 Å². The summed E-state index contributed by atoms with van der Waals surface area (Å²) in [5.41, 5.74) is -4.57. The summed E-state index contributed by atoms with van der Waals surface area (Å²) < 4.78 is 82.8. The Bertz CT molecular complexity index is 2990. The summed E-state index contributed by atoms with van der Waals surface area (Å²) in [5, 5.41) is 234. The highest BCUT2D eigenvalue weighted by Crippen LogP contribution is 2.76. The number of aliphatic hydroxyl groups is 21. The number of esters is 1. The minimum Gasteiger partial charge on any atom is -0.432 e. The van der Waals surface area contributed by atoms with Gasteiger partial charge in [-0.2, -0.15) is 0 Å². The van der Waals surface area contributed by atoms with Crippen LogP contribution in [0.2, 0.25) is 0 Å². The second-order valence-electron chi connectivity index (χ2n) is 33.4. The van der Waals surface area contributed by atoms with Crippen molar-refractivity contribution in [2.24, 2.45) is 50.2 Å². The van der Waals surface area contributed by atoms with Crippen LogP contribution in [0.5, 0.6) is 0 Å². The van der Waals surface area contributed by atoms with Gasteiger partial charge in [0.1, 0.15) is 140 Å². The Kier molecular flexibility index (Phi) is 24.3. The van der Waals surface area contributed by atoms with Crippen molar-refractivity contribution >= 4 is 5.97 Å². The minimum atomic E-state index is -2.07. The molecule has 7 aliphatic heterocycles. The van der Waals surface area contributed by atoms with Gasteiger partial charge in [-0.15, -0.1) is 0 Å². The Morgan fingerprint density at radius 1 is 0.448 bits per heavy atom. The van der Waals surface area contributed by atoms with Crippen LogP contribution < -0.4 is 0 Å². The molecule has 36 heteroatoms. The van der Waals surface area contributed by atoms with Crippen molar-refractivity contribution in [3.8, 4) is 0 Å². The smallest absolute Gasteiger partial charge is 0.317 e. The molecule has 604 valence electrons. The maximum Gasteiger partial charge on any atom is 0.317 e. The molecule has 7 saturated heterocycles. The molecule has 0 radical (unpaired) electrons. The maximum absolute atomic E-state index is 15.6. The molecular formula is C69H112O36. The van der Waals surface area contributed by atoms with E-state index in [0.717, 1.165) is 5.57 Å². The first-order valence-corrected chi connectivity index (χ1v) is 36.7. The van der Waals surface area contributed by atoms with Gasteiger partial charge in [0.25, 0.3) is 0 Å². The van der Waals surface area contributed by atoms with Crippen LogP contribution in [0.25, 0.3) is 0 Å². The number of hydrogen-bond donors (Lipinski definition) is 21. The lowest BCUT2D eigenvalue weighted by Gasteiger charge is -2.72. The molecule has 0 aromatic heterocycles. The predicted molar refractivity (Wildman–Crippen MR) is 344 cm³/mol. The third-order valence-corrected chi connectivity index (χ3v) is 26.6. The molecular weight excluding hydrogens is 1400 g/mol. The van der Waals surface area contributed by atoms with E-state index in [1.54, 1.807) is 6.92 Å². The number of rotatable bonds is 17. The van der Waals surface area contributed by atoms with E-state index in [2.05, 4.69) is 40.7 Å². The van der Waals surface area contributed by atoms with Crippen LogP contribution in [-0.4, -0.2) is 368 Å². The molecule has 0 aromatic carbocycles. The van der Waals surface area contributed by atoms with Crippen LogP contribution in [0.3, 0.4) is 0 Å². The Balaban J connectivity index is 0.730. The van der Waals surface area contributed by atoms with Crippen LogP contribution in [-0.2, 0) is 71.1 Å². The monoisotopic (exact) mass is 1520 g/mol. The number of hydrogen-bond acceptors (Lipinski definition) is 36. The largest absolute Gasteiger partial charge is 0.432 e. The molecule has 0 bridgehead atoms. The average Bonchev–Trinajstić information content (AvgIpc) is 0.669. The lowest BCUT2D eigenvalue weighted by atomic mass is 9.33. The Hall–Kier alpha value is -2.15. The highest BCUT2D eigenvalue weighted by Gasteiger charge is 2.74. The zero-order chi connectivity index (χ0) is 76.6. The first kappa shape index (κ1) is 82.3. The summed E-state index contributed by atoms with van der Waals surface area (Å²) in [4.78, 5) is 15.6. The van der Waals surface area contributed by atoms with Crippen molar-refractivity contribution in [3.05, 3.63) is 11.6 Å². The first-order valence-electron chi connectivity index (χ1n) is 36.7. The number of aliphatic hydroxyl groups excluding tert-OH is 21. The van der Waals surface area contributed by atoms with E-state index < -0.39 is 294 Å². The molecule has 0 spiro atoms. The summed E-state index contributed by atoms with van der Waals surface area (Å²) in [6.07, 6.45) is -54.6. The zero-order valence-electron chi connectivity index (χ0n) is 59.9. The van der Waals surface area contributed by atoms with Gasteiger partial charge in [-0.25, -0.2) is 0 Å². The van der Waals surface area contributed by atoms with Crippen molar-refractivity contribution in [3.63, 3.8) is 0 Å². The van der Waals surface area contributed by atoms with E-state index in [9.17, 15) is 107 Å². The van der Waals surface area contributed by atoms with Crippen LogP contribution in [0.4, 0.5) is 0 Å². The standard InChI is InChI=1S/C69H112O36/c1-24-37(78)43(84)54(103-59-46(87)42(83)40(81)32(18-70)97-59)62(95-24)100-51-31(76)22-93-57(48(51)89)99-50-25(2)96-58(47(88)44(50)85)102-53-39(80)30(75)21-94-61(53)105-63(91)69-14-13-64(3,4)15-27(69)26-9-10-35-65(5)16-28(73)55(66(6,23-72)34(65)11-12-67(35,7)68(26,8)17-36(69)77)104-60-49(90)52(41(82)33(19-71)98-60)101-56-45(86)38(79)29(74)20-92-56/h9,24-25,27-62,70-90H,10-23H2,1-8H3/t24-,25-,27-,28-,29+,30-,31+,32+,33+,34+,35+,36+,37-,38-,39-,40-,41+,42-,43+,44-,45+,46+,47+,48+,49+,50-,51-,52-,53+,54+,55-,56-,57-,58-,59-,60-,61-,62-,65-,66-,67+,68+,69+/m0/s1. The van der Waals surface area contributed by atoms with Crippen molar-refractivity contribution in [1.82, 2.24) is 0 Å². The number of allylic oxidation sites excluding steroid dienone is 2. The van der Waals surface area contributed by atoms with Crippen molar-refractivity contribution < 1.29 is 178 Å². The van der Waals surface area contributed by atoms with Crippen molar-refractivity contribution in [2.45, 2.75) is 322 Å². The van der Waals surface area contributed by atoms with Gasteiger partial charge in [0.15, 0.2) is 43.8 Å². The lowest BCUT2D eigenvalue weighted by molar-refractivity contribution is -0.390. The number of ether oxygens (including phenoxy) is 14. The normalized spacial score (nSPS) is 55.9. The summed E-state index contributed by atoms with van der Waals surface area (Å²) >= 11 is 0. The topological polar surface area (TPSA) is 571 Å². The second-order valence-corrected chi connectivity index (χ2v) is 33.4. The fourth-order valence-electron chi connectivity index (χ4n) is 20.3. The quantitative estimate of drug-likeness (QED) is 0.0365. The number of carbonyl (C=O) groups excluding carboxylic acids is 1. The molecule has 5 aliphatic carbocycles. The SMILES string of the molecule is C[C@@H]1O[C@@H](O[C@@H]2[C@@H](O)[C@H](O[C@@H]3[C@@H](O)[C@@H](O)[C@H](O[C@H]4[C@H](OC(=O)[C@]56CCC(C)(C)C[C@H]5C5=CC[C@@H]7[C@@]8(C)C[C@H](O)[C@H](O[C@@H]9O[C@H](CO)[C@@H](O)[C@H](O[C@@H]%10OC[C@@H](O)[C@H](O)[C@H]%10O)[C@H]9O)[C@@](C)(CO)[C@@H]8CC[C@@]7(C)[C@]5(C)C[C@H]6O)OC[C@H](O)[C@@H]4O)O[C@H]3C)OC[C@H]2O)[C@H](O[C@@H]2O[C@H](CO)[C@H](O)[C@H](O)[C@H]2O)[C@H](O)[C@H]1O. The van der Waals surface area contributed by atoms with E-state index in [-0.39, 0.29) is 36.5 Å². The van der Waals surface area contributed by atoms with Crippen LogP contribution >= 0.6 is 0 Å². The van der Waals surface area contributed by atoms with Gasteiger partial charge in [0, 0.05) is 5.41 Å². The molecule has 0 aromatic rings. The zero-order valence-corrected chi connectivity index (χ0v) is 59.9. The summed E-state index contributed by atoms with van der Waals surface area (Å²) in [6, 6.07) is 0. The Morgan fingerprint density at radius 2 is 0.962 bits per heavy atom. The van der Waals surface area contributed by atoms with Crippen molar-refractivity contribution in [1.29, 1.82) is 0 Å². The molecule has 12 aliphatic rings. The summed E-state index contributed by atoms with van der Waals surface area (Å²) in [6.45, 7) is 11.3. The van der Waals surface area contributed by atoms with Crippen LogP contribution in [0.15, 0.2) is 11.6 Å². The Morgan fingerprint density at radius 3 is 1.61 bits per heavy atom. The van der Waals surface area contributed by atoms with E-state index in [0.29, 0.717) is 32.1 Å². The third-order valence-electron chi connectivity index (χ3n) is 26.6. The first-order chi connectivity index (χ1) is 49.3. The van der Waals surface area contributed by atoms with Gasteiger partial charge in [-0.1, -0.05) is 53.2 Å². The van der Waals surface area contributed by atoms with E-state index in [4.69, 9.17) is 66.3 Å². The average molecular weight is 1520 g/mol. The fraction of sp³-hybridized carbons (Fsp3) is 0.957. The maximum atomic E-state index is 15.6. The van der Waals surface area contributed by atoms with Gasteiger partial charge in [0.05, 0.1) is 70.2 Å². The molecule has 12 rings (SSSR count). The molecule has 4 saturated carbocycles. The predicted octanol–water partition coefficient (Wildman–Crippen LogP) is -7.68. The molecule has 11 fully saturated rings. The van der Waals surface area contributed by atoms with Gasteiger partial charge in [0.2, 0.25) is 6.29 Å². The third kappa shape index (κ3) is 14.2. The minimum absolute atomic E-state index is 0.0586. The molecule has 105 heavy (non-hydrogen) atoms. The van der Waals surface area contributed by atoms with Gasteiger partial charge >= 0.3 is 5.97 Å². The molecule has 43 atom stereocenters. The van der Waals surface area contributed by atoms with Gasteiger partial charge in [-0.3, -0.25) is 4.79 Å². The number of fused-ring (bicyclic) bond motifs is 7. The molecule has 0 unspecified atom stereocenters. The van der Waals surface area contributed by atoms with Gasteiger partial charge in [-0.05, 0) is 105 Å². The number of carbonyl (C=O) groups is 1. The highest BCUT2D eigenvalue weighted by molar-refractivity contribution is 5.80. The van der Waals surface area contributed by atoms with Crippen molar-refractivity contribution in [2.75, 3.05) is 39.6 Å². The molecule has 36 nitrogen and oxygen atoms in total. The molecule has 21 N–H and O–H groups in total. The van der Waals surface area contributed by atoms with E-state index >= 15 is 4.79 Å². The van der Waals surface area contributed by atoms with Crippen LogP contribution in [0, 0.1) is 50.2 Å². The summed E-state index contributed by atoms with van der Waals surface area (Å²) in [5.74, 6) is -2.16. The Labute approximate surface area is 605 Å². The lowest BCUT2D eigenvalue weighted by Crippen LogP contribution is -2.71. The molecule has 0 amide bonds. The van der Waals surface area contributed by atoms with E-state index in [1.165, 1.54) is 13.8 Å². The molecule has 7 heterocycles. The highest BCUT2D eigenvalue weighted by atomic mass is 16.8. The fourth-order valence-corrected chi connectivity index (χ4v) is 20.3. The second kappa shape index (κ2) is 31.0.